The zero-order chi connectivity index (χ0) is 8.97. The lowest BCUT2D eigenvalue weighted by atomic mass is 10.2. The molecule has 12 heavy (non-hydrogen) atoms. The molecule has 0 N–H and O–H groups in total. The van der Waals surface area contributed by atoms with Crippen molar-refractivity contribution >= 4 is 11.6 Å². The molecule has 0 aliphatic carbocycles. The summed E-state index contributed by atoms with van der Waals surface area (Å²) in [6.07, 6.45) is 8.66. The van der Waals surface area contributed by atoms with E-state index in [2.05, 4.69) is 31.0 Å². The van der Waals surface area contributed by atoms with Crippen LogP contribution in [-0.2, 0) is 0 Å². The Morgan fingerprint density at radius 2 is 2.33 bits per heavy atom. The van der Waals surface area contributed by atoms with Crippen LogP contribution in [-0.4, -0.2) is 16.9 Å². The molecule has 1 aliphatic rings. The van der Waals surface area contributed by atoms with Gasteiger partial charge in [0.05, 0.1) is 0 Å². The van der Waals surface area contributed by atoms with Gasteiger partial charge in [0.2, 0.25) is 0 Å². The molecular weight excluding hydrogens is 170 g/mol. The van der Waals surface area contributed by atoms with E-state index in [-0.39, 0.29) is 5.50 Å². The largest absolute Gasteiger partial charge is 0.358 e. The Balaban J connectivity index is 2.47. The van der Waals surface area contributed by atoms with Crippen molar-refractivity contribution in [1.29, 1.82) is 0 Å². The van der Waals surface area contributed by atoms with Crippen LogP contribution in [0, 0.1) is 0 Å². The first kappa shape index (κ1) is 9.66. The minimum Gasteiger partial charge on any atom is -0.358 e. The molecule has 1 atom stereocenters. The summed E-state index contributed by atoms with van der Waals surface area (Å²) in [6, 6.07) is 0. The van der Waals surface area contributed by atoms with Gasteiger partial charge in [-0.25, -0.2) is 0 Å². The zero-order valence-electron chi connectivity index (χ0n) is 7.76. The van der Waals surface area contributed by atoms with Crippen LogP contribution >= 0.6 is 11.6 Å². The number of allylic oxidation sites excluding steroid dienone is 2. The van der Waals surface area contributed by atoms with E-state index in [1.54, 1.807) is 0 Å². The topological polar surface area (TPSA) is 3.24 Å². The highest BCUT2D eigenvalue weighted by atomic mass is 35.5. The van der Waals surface area contributed by atoms with Crippen molar-refractivity contribution in [2.75, 3.05) is 6.54 Å². The average molecular weight is 186 g/mol. The minimum absolute atomic E-state index is 0.0558. The number of hydrogen-bond donors (Lipinski definition) is 0. The fraction of sp³-hybridized carbons (Fsp3) is 0.600. The molecule has 68 valence electrons. The molecule has 0 aromatic heterocycles. The molecule has 0 fully saturated rings. The van der Waals surface area contributed by atoms with Crippen LogP contribution in [0.3, 0.4) is 0 Å². The van der Waals surface area contributed by atoms with Gasteiger partial charge in [0, 0.05) is 12.7 Å². The van der Waals surface area contributed by atoms with Gasteiger partial charge < -0.3 is 4.90 Å². The van der Waals surface area contributed by atoms with Gasteiger partial charge in [0.1, 0.15) is 5.50 Å². The standard InChI is InChI=1S/C10H16ClN/c1-3-4-7-12-8-9(2)5-6-10(12)11/h5-6,8,10H,3-4,7H2,1-2H3. The van der Waals surface area contributed by atoms with E-state index in [4.69, 9.17) is 11.6 Å². The van der Waals surface area contributed by atoms with E-state index < -0.39 is 0 Å². The first-order chi connectivity index (χ1) is 5.74. The molecule has 1 aliphatic heterocycles. The molecule has 0 radical (unpaired) electrons. The maximum Gasteiger partial charge on any atom is 0.122 e. The first-order valence-electron chi connectivity index (χ1n) is 4.50. The van der Waals surface area contributed by atoms with Gasteiger partial charge in [0.25, 0.3) is 0 Å². The number of alkyl halides is 1. The summed E-state index contributed by atoms with van der Waals surface area (Å²) in [5.41, 5.74) is 1.34. The predicted molar refractivity (Wildman–Crippen MR) is 54.2 cm³/mol. The average Bonchev–Trinajstić information content (AvgIpc) is 2.07. The summed E-state index contributed by atoms with van der Waals surface area (Å²) >= 11 is 6.08. The Hall–Kier alpha value is -0.430. The molecule has 1 rings (SSSR count). The molecular formula is C10H16ClN. The van der Waals surface area contributed by atoms with Crippen LogP contribution < -0.4 is 0 Å². The van der Waals surface area contributed by atoms with Crippen LogP contribution in [0.15, 0.2) is 23.9 Å². The Morgan fingerprint density at radius 1 is 1.58 bits per heavy atom. The van der Waals surface area contributed by atoms with E-state index in [0.29, 0.717) is 0 Å². The summed E-state index contributed by atoms with van der Waals surface area (Å²) < 4.78 is 0. The fourth-order valence-electron chi connectivity index (χ4n) is 1.25. The van der Waals surface area contributed by atoms with Crippen LogP contribution in [0.1, 0.15) is 26.7 Å². The third-order valence-corrected chi connectivity index (χ3v) is 2.37. The van der Waals surface area contributed by atoms with Crippen molar-refractivity contribution in [1.82, 2.24) is 4.90 Å². The van der Waals surface area contributed by atoms with E-state index in [1.165, 1.54) is 18.4 Å². The minimum atomic E-state index is 0.0558. The number of halogens is 1. The van der Waals surface area contributed by atoms with E-state index in [0.717, 1.165) is 6.54 Å². The highest BCUT2D eigenvalue weighted by Crippen LogP contribution is 2.16. The van der Waals surface area contributed by atoms with Gasteiger partial charge in [0.15, 0.2) is 0 Å². The lowest BCUT2D eigenvalue weighted by Gasteiger charge is -2.27. The van der Waals surface area contributed by atoms with Gasteiger partial charge >= 0.3 is 0 Å². The molecule has 2 heteroatoms. The van der Waals surface area contributed by atoms with Gasteiger partial charge in [-0.1, -0.05) is 31.0 Å². The second kappa shape index (κ2) is 4.56. The van der Waals surface area contributed by atoms with Crippen molar-refractivity contribution in [2.45, 2.75) is 32.2 Å². The van der Waals surface area contributed by atoms with Gasteiger partial charge in [-0.05, 0) is 25.0 Å². The number of unbranched alkanes of at least 4 members (excludes halogenated alkanes) is 1. The van der Waals surface area contributed by atoms with Crippen LogP contribution in [0.4, 0.5) is 0 Å². The summed E-state index contributed by atoms with van der Waals surface area (Å²) in [4.78, 5) is 2.18. The Kier molecular flexibility index (Phi) is 3.67. The van der Waals surface area contributed by atoms with E-state index >= 15 is 0 Å². The van der Waals surface area contributed by atoms with Crippen molar-refractivity contribution < 1.29 is 0 Å². The molecule has 0 aromatic rings. The van der Waals surface area contributed by atoms with E-state index in [9.17, 15) is 0 Å². The van der Waals surface area contributed by atoms with E-state index in [1.807, 2.05) is 6.08 Å². The van der Waals surface area contributed by atoms with Gasteiger partial charge in [-0.15, -0.1) is 0 Å². The second-order valence-electron chi connectivity index (χ2n) is 3.20. The molecule has 0 bridgehead atoms. The first-order valence-corrected chi connectivity index (χ1v) is 4.94. The zero-order valence-corrected chi connectivity index (χ0v) is 8.51. The molecule has 1 unspecified atom stereocenters. The Labute approximate surface area is 79.7 Å². The summed E-state index contributed by atoms with van der Waals surface area (Å²) in [7, 11) is 0. The normalized spacial score (nSPS) is 22.8. The maximum atomic E-state index is 6.08. The van der Waals surface area contributed by atoms with Gasteiger partial charge in [-0.2, -0.15) is 0 Å². The molecule has 0 amide bonds. The highest BCUT2D eigenvalue weighted by Gasteiger charge is 2.11. The maximum absolute atomic E-state index is 6.08. The van der Waals surface area contributed by atoms with Crippen molar-refractivity contribution in [2.24, 2.45) is 0 Å². The van der Waals surface area contributed by atoms with Crippen molar-refractivity contribution in [3.8, 4) is 0 Å². The molecule has 0 saturated carbocycles. The molecule has 1 heterocycles. The number of hydrogen-bond acceptors (Lipinski definition) is 1. The summed E-state index contributed by atoms with van der Waals surface area (Å²) in [5, 5.41) is 0. The quantitative estimate of drug-likeness (QED) is 0.483. The van der Waals surface area contributed by atoms with Gasteiger partial charge in [-0.3, -0.25) is 0 Å². The lowest BCUT2D eigenvalue weighted by Crippen LogP contribution is -2.27. The smallest absolute Gasteiger partial charge is 0.122 e. The van der Waals surface area contributed by atoms with Crippen LogP contribution in [0.5, 0.6) is 0 Å². The molecule has 0 aromatic carbocycles. The monoisotopic (exact) mass is 185 g/mol. The van der Waals surface area contributed by atoms with Crippen molar-refractivity contribution in [3.05, 3.63) is 23.9 Å². The lowest BCUT2D eigenvalue weighted by molar-refractivity contribution is 0.370. The molecule has 1 nitrogen and oxygen atoms in total. The molecule has 0 saturated heterocycles. The number of rotatable bonds is 3. The summed E-state index contributed by atoms with van der Waals surface area (Å²) in [5.74, 6) is 0. The third-order valence-electron chi connectivity index (χ3n) is 1.97. The third kappa shape index (κ3) is 2.56. The van der Waals surface area contributed by atoms with Crippen molar-refractivity contribution in [3.63, 3.8) is 0 Å². The highest BCUT2D eigenvalue weighted by molar-refractivity contribution is 6.21. The summed E-state index contributed by atoms with van der Waals surface area (Å²) in [6.45, 7) is 5.35. The molecule has 0 spiro atoms. The predicted octanol–water partition coefficient (Wildman–Crippen LogP) is 3.13. The SMILES string of the molecule is CCCCN1C=C(C)C=CC1Cl. The van der Waals surface area contributed by atoms with Crippen LogP contribution in [0.25, 0.3) is 0 Å². The van der Waals surface area contributed by atoms with Crippen LogP contribution in [0.2, 0.25) is 0 Å². The Morgan fingerprint density at radius 3 is 3.00 bits per heavy atom. The Bertz CT molecular complexity index is 196. The number of nitrogens with zero attached hydrogens (tertiary/aromatic N) is 1. The second-order valence-corrected chi connectivity index (χ2v) is 3.64. The fourth-order valence-corrected chi connectivity index (χ4v) is 1.47.